The second-order valence-electron chi connectivity index (χ2n) is 14.0. The molecule has 7 rings (SSSR count). The normalized spacial score (nSPS) is 29.9. The van der Waals surface area contributed by atoms with Gasteiger partial charge in [-0.25, -0.2) is 9.78 Å². The maximum absolute atomic E-state index is 14.5. The number of nitrogens with one attached hydrogen (secondary N) is 1. The van der Waals surface area contributed by atoms with Crippen molar-refractivity contribution in [1.29, 1.82) is 5.26 Å². The van der Waals surface area contributed by atoms with Crippen molar-refractivity contribution in [3.05, 3.63) is 46.6 Å². The van der Waals surface area contributed by atoms with Gasteiger partial charge in [-0.3, -0.25) is 4.79 Å². The number of amides is 1. The number of pyridine rings is 1. The number of carboxylic acids is 1. The highest BCUT2D eigenvalue weighted by Crippen LogP contribution is 2.70. The third-order valence-corrected chi connectivity index (χ3v) is 11.6. The number of rotatable bonds is 8. The Morgan fingerprint density at radius 3 is 2.65 bits per heavy atom. The summed E-state index contributed by atoms with van der Waals surface area (Å²) in [4.78, 5) is 31.8. The average molecular weight is 639 g/mol. The average Bonchev–Trinajstić information content (AvgIpc) is 3.47. The summed E-state index contributed by atoms with van der Waals surface area (Å²) in [6.07, 6.45) is 0.677. The van der Waals surface area contributed by atoms with E-state index in [-0.39, 0.29) is 41.6 Å². The van der Waals surface area contributed by atoms with Gasteiger partial charge < -0.3 is 24.8 Å². The quantitative estimate of drug-likeness (QED) is 0.368. The fourth-order valence-electron chi connectivity index (χ4n) is 8.94. The number of aliphatic carboxylic acids is 1. The lowest BCUT2D eigenvalue weighted by molar-refractivity contribution is -0.152. The van der Waals surface area contributed by atoms with Crippen molar-refractivity contribution in [2.75, 3.05) is 31.3 Å². The minimum atomic E-state index is -5.03. The molecule has 5 atom stereocenters. The summed E-state index contributed by atoms with van der Waals surface area (Å²) in [5, 5.41) is 22.9. The number of carboxylic acid groups (broad SMARTS) is 1. The van der Waals surface area contributed by atoms with Gasteiger partial charge in [0.25, 0.3) is 5.91 Å². The number of fused-ring (bicyclic) bond motifs is 2. The first-order valence-electron chi connectivity index (χ1n) is 16.1. The van der Waals surface area contributed by atoms with Crippen molar-refractivity contribution in [1.82, 2.24) is 10.3 Å². The molecule has 0 radical (unpaired) electrons. The molecule has 2 N–H and O–H groups in total. The van der Waals surface area contributed by atoms with Crippen LogP contribution in [0, 0.1) is 40.4 Å². The Hall–Kier alpha value is -3.85. The monoisotopic (exact) mass is 638 g/mol. The molecular formula is C34H37F3N4O5. The zero-order chi connectivity index (χ0) is 32.4. The van der Waals surface area contributed by atoms with E-state index in [1.54, 1.807) is 17.0 Å². The molecule has 9 nitrogen and oxygen atoms in total. The van der Waals surface area contributed by atoms with E-state index in [9.17, 15) is 33.1 Å². The molecule has 3 saturated carbocycles. The maximum atomic E-state index is 14.5. The molecule has 46 heavy (non-hydrogen) atoms. The summed E-state index contributed by atoms with van der Waals surface area (Å²) in [7, 11) is 0. The van der Waals surface area contributed by atoms with Crippen LogP contribution < -0.4 is 15.0 Å². The van der Waals surface area contributed by atoms with E-state index in [1.807, 2.05) is 12.1 Å². The van der Waals surface area contributed by atoms with Crippen LogP contribution in [0.4, 0.5) is 24.7 Å². The van der Waals surface area contributed by atoms with E-state index in [4.69, 9.17) is 9.47 Å². The number of ether oxygens (including phenoxy) is 2. The second-order valence-corrected chi connectivity index (χ2v) is 14.0. The number of hydrogen-bond donors (Lipinski definition) is 2. The highest BCUT2D eigenvalue weighted by atomic mass is 19.4. The predicted octanol–water partition coefficient (Wildman–Crippen LogP) is 5.87. The summed E-state index contributed by atoms with van der Waals surface area (Å²) in [6, 6.07) is 8.21. The molecule has 1 aromatic carbocycles. The van der Waals surface area contributed by atoms with E-state index in [0.29, 0.717) is 49.1 Å². The summed E-state index contributed by atoms with van der Waals surface area (Å²) < 4.78 is 55.0. The first-order valence-corrected chi connectivity index (χ1v) is 16.1. The number of hydrogen-bond acceptors (Lipinski definition) is 7. The summed E-state index contributed by atoms with van der Waals surface area (Å²) in [5.41, 5.74) is -2.68. The van der Waals surface area contributed by atoms with Gasteiger partial charge in [-0.1, -0.05) is 6.92 Å². The fraction of sp³-hybridized carbons (Fsp3) is 0.588. The van der Waals surface area contributed by atoms with Crippen molar-refractivity contribution >= 4 is 23.4 Å². The topological polar surface area (TPSA) is 125 Å². The van der Waals surface area contributed by atoms with Gasteiger partial charge in [0.2, 0.25) is 0 Å². The molecule has 1 amide bonds. The van der Waals surface area contributed by atoms with Crippen molar-refractivity contribution < 1.29 is 37.3 Å². The summed E-state index contributed by atoms with van der Waals surface area (Å²) >= 11 is 0. The van der Waals surface area contributed by atoms with Crippen LogP contribution in [0.5, 0.6) is 5.75 Å². The number of carbonyl (C=O) groups is 2. The lowest BCUT2D eigenvalue weighted by Gasteiger charge is -2.55. The summed E-state index contributed by atoms with van der Waals surface area (Å²) in [5.74, 6) is -1.32. The highest BCUT2D eigenvalue weighted by Gasteiger charge is 2.68. The van der Waals surface area contributed by atoms with E-state index in [0.717, 1.165) is 50.5 Å². The molecule has 2 bridgehead atoms. The molecule has 1 saturated heterocycles. The van der Waals surface area contributed by atoms with Crippen molar-refractivity contribution in [3.63, 3.8) is 0 Å². The van der Waals surface area contributed by atoms with Crippen LogP contribution in [-0.2, 0) is 22.1 Å². The molecule has 2 aliphatic heterocycles. The zero-order valence-electron chi connectivity index (χ0n) is 25.7. The molecule has 5 unspecified atom stereocenters. The van der Waals surface area contributed by atoms with Gasteiger partial charge in [0.1, 0.15) is 17.4 Å². The van der Waals surface area contributed by atoms with Gasteiger partial charge in [0.15, 0.2) is 11.5 Å². The van der Waals surface area contributed by atoms with Crippen LogP contribution in [0.15, 0.2) is 24.3 Å². The smallest absolute Gasteiger partial charge is 0.434 e. The van der Waals surface area contributed by atoms with Gasteiger partial charge in [-0.15, -0.1) is 0 Å². The molecule has 12 heteroatoms. The van der Waals surface area contributed by atoms with E-state index in [2.05, 4.69) is 17.2 Å². The molecule has 4 fully saturated rings. The number of benzene rings is 1. The SMILES string of the molecule is CC12CC3CC1CC2CC3(NC(=O)c1cc(C#N)c(N2CCc3cc(OCCC4CCOCC4)ccc32)nc1C(F)(F)F)C(=O)O. The van der Waals surface area contributed by atoms with Gasteiger partial charge in [0, 0.05) is 25.4 Å². The van der Waals surface area contributed by atoms with Gasteiger partial charge >= 0.3 is 12.1 Å². The number of halogens is 3. The predicted molar refractivity (Wildman–Crippen MR) is 160 cm³/mol. The Morgan fingerprint density at radius 2 is 1.93 bits per heavy atom. The Kier molecular flexibility index (Phi) is 7.46. The zero-order valence-corrected chi connectivity index (χ0v) is 25.7. The van der Waals surface area contributed by atoms with Crippen LogP contribution >= 0.6 is 0 Å². The first kappa shape index (κ1) is 30.8. The summed E-state index contributed by atoms with van der Waals surface area (Å²) in [6.45, 7) is 4.52. The van der Waals surface area contributed by atoms with Gasteiger partial charge in [-0.05, 0) is 110 Å². The number of carbonyl (C=O) groups excluding carboxylic acids is 1. The number of alkyl halides is 3. The minimum absolute atomic E-state index is 0.0202. The molecule has 0 spiro atoms. The molecule has 3 heterocycles. The lowest BCUT2D eigenvalue weighted by atomic mass is 9.50. The Balaban J connectivity index is 1.15. The minimum Gasteiger partial charge on any atom is -0.494 e. The van der Waals surface area contributed by atoms with Gasteiger partial charge in [-0.2, -0.15) is 18.4 Å². The Bertz CT molecular complexity index is 1620. The highest BCUT2D eigenvalue weighted by molar-refractivity contribution is 6.00. The molecule has 244 valence electrons. The third-order valence-electron chi connectivity index (χ3n) is 11.6. The number of nitrogens with zero attached hydrogens (tertiary/aromatic N) is 3. The molecular weight excluding hydrogens is 601 g/mol. The molecule has 5 aliphatic rings. The molecule has 2 aromatic rings. The largest absolute Gasteiger partial charge is 0.494 e. The lowest BCUT2D eigenvalue weighted by Crippen LogP contribution is -2.63. The van der Waals surface area contributed by atoms with Crippen LogP contribution in [0.2, 0.25) is 0 Å². The van der Waals surface area contributed by atoms with E-state index in [1.165, 1.54) is 0 Å². The van der Waals surface area contributed by atoms with Crippen molar-refractivity contribution in [2.45, 2.75) is 70.0 Å². The second kappa shape index (κ2) is 11.1. The Morgan fingerprint density at radius 1 is 1.17 bits per heavy atom. The molecule has 3 aliphatic carbocycles. The Labute approximate surface area is 265 Å². The van der Waals surface area contributed by atoms with Crippen molar-refractivity contribution in [3.8, 4) is 11.8 Å². The van der Waals surface area contributed by atoms with E-state index < -0.39 is 34.8 Å². The van der Waals surface area contributed by atoms with Crippen LogP contribution in [-0.4, -0.2) is 53.9 Å². The standard InChI is InChI=1S/C34H37F3N4O5/c1-32-16-24-15-22(32)14-23(32)17-33(24,31(43)44)40-30(42)26-13-21(18-38)29(39-28(26)34(35,36)37)41-8-4-20-12-25(2-3-27(20)41)46-11-7-19-5-9-45-10-6-19/h2-3,12-13,19,22-24H,4-11,14-17H2,1H3,(H,40,42)(H,43,44). The van der Waals surface area contributed by atoms with Gasteiger partial charge in [0.05, 0.1) is 17.7 Å². The number of nitriles is 1. The van der Waals surface area contributed by atoms with Crippen LogP contribution in [0.3, 0.4) is 0 Å². The van der Waals surface area contributed by atoms with Crippen molar-refractivity contribution in [2.24, 2.45) is 29.1 Å². The van der Waals surface area contributed by atoms with Crippen LogP contribution in [0.1, 0.15) is 79.0 Å². The maximum Gasteiger partial charge on any atom is 0.434 e. The third kappa shape index (κ3) is 4.98. The van der Waals surface area contributed by atoms with Crippen LogP contribution in [0.25, 0.3) is 0 Å². The molecule has 1 aromatic heterocycles. The number of aromatic nitrogens is 1. The van der Waals surface area contributed by atoms with E-state index >= 15 is 0 Å². The first-order chi connectivity index (χ1) is 21.9. The number of anilines is 2. The fourth-order valence-corrected chi connectivity index (χ4v) is 8.94.